The van der Waals surface area contributed by atoms with Crippen molar-refractivity contribution >= 4 is 45.8 Å². The maximum atomic E-state index is 12.8. The number of methoxy groups -OCH3 is 1. The quantitative estimate of drug-likeness (QED) is 0.357. The van der Waals surface area contributed by atoms with Crippen LogP contribution in [-0.2, 0) is 19.0 Å². The predicted octanol–water partition coefficient (Wildman–Crippen LogP) is 3.18. The van der Waals surface area contributed by atoms with Crippen LogP contribution in [0.4, 0.5) is 10.7 Å². The van der Waals surface area contributed by atoms with Crippen LogP contribution in [0.2, 0.25) is 0 Å². The summed E-state index contributed by atoms with van der Waals surface area (Å²) in [4.78, 5) is 49.7. The Bertz CT molecular complexity index is 982. The molecule has 1 amide bonds. The monoisotopic (exact) mass is 448 g/mol. The number of hydrogen-bond acceptors (Lipinski definition) is 9. The van der Waals surface area contributed by atoms with Crippen LogP contribution in [0.15, 0.2) is 24.3 Å². The lowest BCUT2D eigenvalue weighted by atomic mass is 10.1. The fraction of sp³-hybridized carbons (Fsp3) is 0.333. The molecule has 1 heterocycles. The lowest BCUT2D eigenvalue weighted by Gasteiger charge is -2.16. The van der Waals surface area contributed by atoms with Crippen LogP contribution in [-0.4, -0.2) is 43.6 Å². The number of thiophene rings is 1. The number of hydrogen-bond donors (Lipinski definition) is 2. The summed E-state index contributed by atoms with van der Waals surface area (Å²) in [7, 11) is 1.19. The second-order valence-corrected chi connectivity index (χ2v) is 7.41. The molecular formula is C21H24N2O7S. The third-order valence-electron chi connectivity index (χ3n) is 4.29. The van der Waals surface area contributed by atoms with E-state index in [1.807, 2.05) is 0 Å². The highest BCUT2D eigenvalue weighted by Gasteiger charge is 2.29. The lowest BCUT2D eigenvalue weighted by molar-refractivity contribution is -0.124. The normalized spacial score (nSPS) is 11.4. The lowest BCUT2D eigenvalue weighted by Crippen LogP contribution is -2.32. The number of carbonyl (C=O) groups excluding carboxylic acids is 4. The highest BCUT2D eigenvalue weighted by Crippen LogP contribution is 2.34. The Balaban J connectivity index is 2.26. The van der Waals surface area contributed by atoms with E-state index in [1.54, 1.807) is 32.9 Å². The van der Waals surface area contributed by atoms with Crippen LogP contribution in [0.25, 0.3) is 0 Å². The molecule has 3 N–H and O–H groups in total. The average Bonchev–Trinajstić information content (AvgIpc) is 3.07. The molecule has 2 aromatic rings. The molecule has 0 aliphatic rings. The zero-order chi connectivity index (χ0) is 23.1. The van der Waals surface area contributed by atoms with E-state index in [4.69, 9.17) is 19.9 Å². The summed E-state index contributed by atoms with van der Waals surface area (Å²) in [5.41, 5.74) is 6.71. The molecule has 1 aromatic carbocycles. The first-order chi connectivity index (χ1) is 14.7. The van der Waals surface area contributed by atoms with Crippen LogP contribution in [0.5, 0.6) is 0 Å². The molecule has 0 saturated carbocycles. The molecule has 0 aliphatic heterocycles. The summed E-state index contributed by atoms with van der Waals surface area (Å²) in [6.45, 7) is 5.05. The van der Waals surface area contributed by atoms with Gasteiger partial charge in [0.1, 0.15) is 9.88 Å². The number of nitrogen functional groups attached to an aromatic ring is 1. The van der Waals surface area contributed by atoms with Crippen LogP contribution in [0.3, 0.4) is 0 Å². The topological polar surface area (TPSA) is 134 Å². The highest BCUT2D eigenvalue weighted by atomic mass is 32.1. The van der Waals surface area contributed by atoms with Gasteiger partial charge in [-0.25, -0.2) is 14.4 Å². The molecule has 1 aromatic heterocycles. The summed E-state index contributed by atoms with van der Waals surface area (Å²) in [5.74, 6) is -2.66. The number of esters is 3. The molecule has 1 atom stereocenters. The van der Waals surface area contributed by atoms with Crippen molar-refractivity contribution in [1.29, 1.82) is 0 Å². The smallest absolute Gasteiger partial charge is 0.348 e. The first kappa shape index (κ1) is 23.9. The second-order valence-electron chi connectivity index (χ2n) is 6.39. The average molecular weight is 448 g/mol. The minimum absolute atomic E-state index is 0.0450. The van der Waals surface area contributed by atoms with Crippen LogP contribution in [0.1, 0.15) is 56.2 Å². The minimum Gasteiger partial charge on any atom is -0.465 e. The fourth-order valence-electron chi connectivity index (χ4n) is 2.67. The first-order valence-corrected chi connectivity index (χ1v) is 10.3. The Morgan fingerprint density at radius 1 is 1.06 bits per heavy atom. The second kappa shape index (κ2) is 10.6. The third-order valence-corrected chi connectivity index (χ3v) is 5.48. The number of nitrogens with two attached hydrogens (primary N) is 1. The Kier molecular flexibility index (Phi) is 8.14. The molecule has 0 spiro atoms. The van der Waals surface area contributed by atoms with E-state index in [1.165, 1.54) is 19.2 Å². The number of rotatable bonds is 8. The minimum atomic E-state index is -1.12. The molecule has 1 unspecified atom stereocenters. The van der Waals surface area contributed by atoms with Gasteiger partial charge in [-0.3, -0.25) is 4.79 Å². The van der Waals surface area contributed by atoms with Crippen molar-refractivity contribution in [2.24, 2.45) is 0 Å². The van der Waals surface area contributed by atoms with E-state index in [-0.39, 0.29) is 34.0 Å². The number of benzene rings is 1. The van der Waals surface area contributed by atoms with Gasteiger partial charge in [0.05, 0.1) is 24.8 Å². The van der Waals surface area contributed by atoms with E-state index in [2.05, 4.69) is 5.32 Å². The van der Waals surface area contributed by atoms with Crippen LogP contribution < -0.4 is 11.1 Å². The molecule has 0 radical (unpaired) electrons. The van der Waals surface area contributed by atoms with Crippen LogP contribution in [0, 0.1) is 6.92 Å². The van der Waals surface area contributed by atoms with E-state index < -0.39 is 29.9 Å². The summed E-state index contributed by atoms with van der Waals surface area (Å²) < 4.78 is 15.1. The maximum absolute atomic E-state index is 12.8. The largest absolute Gasteiger partial charge is 0.465 e. The van der Waals surface area contributed by atoms with Gasteiger partial charge < -0.3 is 25.3 Å². The summed E-state index contributed by atoms with van der Waals surface area (Å²) in [6, 6.07) is 6.08. The Hall–Kier alpha value is -3.40. The van der Waals surface area contributed by atoms with Crippen molar-refractivity contribution < 1.29 is 33.4 Å². The van der Waals surface area contributed by atoms with E-state index >= 15 is 0 Å². The zero-order valence-electron chi connectivity index (χ0n) is 17.6. The molecule has 166 valence electrons. The van der Waals surface area contributed by atoms with Crippen molar-refractivity contribution in [3.05, 3.63) is 45.8 Å². The van der Waals surface area contributed by atoms with Gasteiger partial charge in [0.15, 0.2) is 6.10 Å². The van der Waals surface area contributed by atoms with Gasteiger partial charge in [0, 0.05) is 5.69 Å². The Labute approximate surface area is 183 Å². The fourth-order valence-corrected chi connectivity index (χ4v) is 3.76. The molecule has 2 rings (SSSR count). The van der Waals surface area contributed by atoms with Crippen LogP contribution >= 0.6 is 11.3 Å². The molecule has 10 heteroatoms. The van der Waals surface area contributed by atoms with Gasteiger partial charge >= 0.3 is 17.9 Å². The summed E-state index contributed by atoms with van der Waals surface area (Å²) in [6.07, 6.45) is -0.932. The number of nitrogens with one attached hydrogen (secondary N) is 1. The van der Waals surface area contributed by atoms with E-state index in [0.717, 1.165) is 11.3 Å². The molecule has 0 fully saturated rings. The summed E-state index contributed by atoms with van der Waals surface area (Å²) in [5, 5.41) is 2.69. The van der Waals surface area contributed by atoms with Gasteiger partial charge in [-0.2, -0.15) is 0 Å². The number of amides is 1. The molecule has 0 aliphatic carbocycles. The maximum Gasteiger partial charge on any atom is 0.348 e. The molecular weight excluding hydrogens is 424 g/mol. The van der Waals surface area contributed by atoms with E-state index in [9.17, 15) is 19.2 Å². The van der Waals surface area contributed by atoms with Crippen molar-refractivity contribution in [1.82, 2.24) is 0 Å². The first-order valence-electron chi connectivity index (χ1n) is 9.49. The Morgan fingerprint density at radius 2 is 1.71 bits per heavy atom. The predicted molar refractivity (Wildman–Crippen MR) is 115 cm³/mol. The van der Waals surface area contributed by atoms with Gasteiger partial charge in [-0.05, 0) is 50.1 Å². The Morgan fingerprint density at radius 3 is 2.26 bits per heavy atom. The van der Waals surface area contributed by atoms with E-state index in [0.29, 0.717) is 11.3 Å². The zero-order valence-corrected chi connectivity index (χ0v) is 18.5. The number of carbonyl (C=O) groups is 4. The summed E-state index contributed by atoms with van der Waals surface area (Å²) >= 11 is 0.889. The van der Waals surface area contributed by atoms with Crippen molar-refractivity contribution in [3.8, 4) is 0 Å². The standard InChI is InChI=1S/C21H24N2O7S/c1-5-14(30-19(25)12-7-9-13(22)10-8-12)17(24)23-18-15(20(26)28-4)11(3)16(31-18)21(27)29-6-2/h7-10,14H,5-6,22H2,1-4H3,(H,23,24). The van der Waals surface area contributed by atoms with Crippen molar-refractivity contribution in [2.75, 3.05) is 24.8 Å². The highest BCUT2D eigenvalue weighted by molar-refractivity contribution is 7.18. The number of ether oxygens (including phenoxy) is 3. The van der Waals surface area contributed by atoms with Gasteiger partial charge in [0.25, 0.3) is 5.91 Å². The molecule has 31 heavy (non-hydrogen) atoms. The third kappa shape index (κ3) is 5.60. The van der Waals surface area contributed by atoms with Gasteiger partial charge in [-0.1, -0.05) is 6.92 Å². The van der Waals surface area contributed by atoms with Gasteiger partial charge in [0.2, 0.25) is 0 Å². The van der Waals surface area contributed by atoms with Crippen molar-refractivity contribution in [2.45, 2.75) is 33.3 Å². The number of anilines is 2. The molecule has 0 bridgehead atoms. The molecule has 0 saturated heterocycles. The molecule has 9 nitrogen and oxygen atoms in total. The SMILES string of the molecule is CCOC(=O)c1sc(NC(=O)C(CC)OC(=O)c2ccc(N)cc2)c(C(=O)OC)c1C. The van der Waals surface area contributed by atoms with Crippen molar-refractivity contribution in [3.63, 3.8) is 0 Å². The van der Waals surface area contributed by atoms with Gasteiger partial charge in [-0.15, -0.1) is 11.3 Å².